The molecule has 1 saturated heterocycles. The van der Waals surface area contributed by atoms with Crippen LogP contribution in [0.15, 0.2) is 10.6 Å². The number of amides is 1. The molecule has 1 aliphatic rings. The molecule has 0 aliphatic carbocycles. The summed E-state index contributed by atoms with van der Waals surface area (Å²) < 4.78 is 10.3. The third kappa shape index (κ3) is 4.07. The number of carbonyl (C=O) groups is 2. The van der Waals surface area contributed by atoms with E-state index < -0.39 is 17.8 Å². The lowest BCUT2D eigenvalue weighted by Crippen LogP contribution is -2.39. The Kier molecular flexibility index (Phi) is 5.54. The van der Waals surface area contributed by atoms with Gasteiger partial charge in [-0.25, -0.2) is 0 Å². The lowest BCUT2D eigenvalue weighted by atomic mass is 9.86. The first-order chi connectivity index (χ1) is 10.5. The second-order valence-corrected chi connectivity index (χ2v) is 5.87. The van der Waals surface area contributed by atoms with Crippen molar-refractivity contribution in [3.63, 3.8) is 0 Å². The molecule has 0 radical (unpaired) electrons. The van der Waals surface area contributed by atoms with E-state index in [2.05, 4.69) is 10.5 Å². The number of aromatic nitrogens is 1. The number of carbonyl (C=O) groups excluding carboxylic acids is 1. The van der Waals surface area contributed by atoms with Crippen LogP contribution in [0.25, 0.3) is 0 Å². The summed E-state index contributed by atoms with van der Waals surface area (Å²) in [6, 6.07) is 1.59. The van der Waals surface area contributed by atoms with Crippen LogP contribution < -0.4 is 5.32 Å². The summed E-state index contributed by atoms with van der Waals surface area (Å²) in [6.45, 7) is 5.11. The highest BCUT2D eigenvalue weighted by molar-refractivity contribution is 5.92. The van der Waals surface area contributed by atoms with E-state index in [9.17, 15) is 14.7 Å². The topological polar surface area (TPSA) is 102 Å². The van der Waals surface area contributed by atoms with E-state index in [1.54, 1.807) is 6.07 Å². The molecule has 0 aromatic carbocycles. The monoisotopic (exact) mass is 310 g/mol. The lowest BCUT2D eigenvalue weighted by molar-refractivity contribution is -0.144. The summed E-state index contributed by atoms with van der Waals surface area (Å²) in [5.41, 5.74) is 0.180. The van der Waals surface area contributed by atoms with Crippen molar-refractivity contribution < 1.29 is 24.0 Å². The van der Waals surface area contributed by atoms with Crippen molar-refractivity contribution in [2.24, 2.45) is 11.8 Å². The molecule has 122 valence electrons. The third-order valence-electron chi connectivity index (χ3n) is 3.96. The summed E-state index contributed by atoms with van der Waals surface area (Å²) in [6.07, 6.45) is 1.41. The number of carboxylic acids is 1. The zero-order valence-corrected chi connectivity index (χ0v) is 12.9. The zero-order valence-electron chi connectivity index (χ0n) is 12.9. The van der Waals surface area contributed by atoms with Crippen LogP contribution in [-0.2, 0) is 9.53 Å². The highest BCUT2D eigenvalue weighted by Gasteiger charge is 2.30. The van der Waals surface area contributed by atoms with Crippen molar-refractivity contribution in [3.8, 4) is 0 Å². The molecule has 0 spiro atoms. The number of ether oxygens (including phenoxy) is 1. The van der Waals surface area contributed by atoms with Crippen molar-refractivity contribution in [2.45, 2.75) is 32.6 Å². The van der Waals surface area contributed by atoms with Crippen molar-refractivity contribution in [2.75, 3.05) is 19.8 Å². The summed E-state index contributed by atoms with van der Waals surface area (Å²) >= 11 is 0. The van der Waals surface area contributed by atoms with Gasteiger partial charge in [0.15, 0.2) is 5.69 Å². The molecule has 2 rings (SSSR count). The first kappa shape index (κ1) is 16.5. The van der Waals surface area contributed by atoms with Gasteiger partial charge in [0.2, 0.25) is 0 Å². The van der Waals surface area contributed by atoms with Gasteiger partial charge in [-0.3, -0.25) is 9.59 Å². The summed E-state index contributed by atoms with van der Waals surface area (Å²) in [5.74, 6) is -1.11. The maximum Gasteiger partial charge on any atom is 0.308 e. The molecule has 7 nitrogen and oxygen atoms in total. The van der Waals surface area contributed by atoms with Crippen LogP contribution in [0.1, 0.15) is 48.9 Å². The SMILES string of the molecule is CC(C)c1cc(C(=O)NCC(C(=O)O)C2CCOCC2)no1. The first-order valence-corrected chi connectivity index (χ1v) is 7.54. The molecule has 1 unspecified atom stereocenters. The van der Waals surface area contributed by atoms with Crippen LogP contribution in [0, 0.1) is 11.8 Å². The van der Waals surface area contributed by atoms with Crippen LogP contribution in [-0.4, -0.2) is 41.9 Å². The Morgan fingerprint density at radius 3 is 2.64 bits per heavy atom. The average Bonchev–Trinajstić information content (AvgIpc) is 2.98. The zero-order chi connectivity index (χ0) is 16.1. The molecule has 22 heavy (non-hydrogen) atoms. The predicted octanol–water partition coefficient (Wildman–Crippen LogP) is 1.66. The van der Waals surface area contributed by atoms with E-state index in [4.69, 9.17) is 9.26 Å². The molecular weight excluding hydrogens is 288 g/mol. The fourth-order valence-corrected chi connectivity index (χ4v) is 2.54. The van der Waals surface area contributed by atoms with Gasteiger partial charge < -0.3 is 19.7 Å². The first-order valence-electron chi connectivity index (χ1n) is 7.54. The third-order valence-corrected chi connectivity index (χ3v) is 3.96. The number of hydrogen-bond acceptors (Lipinski definition) is 5. The molecule has 0 bridgehead atoms. The Hall–Kier alpha value is -1.89. The van der Waals surface area contributed by atoms with Gasteiger partial charge in [-0.1, -0.05) is 19.0 Å². The van der Waals surface area contributed by atoms with Crippen molar-refractivity contribution in [1.82, 2.24) is 10.5 Å². The van der Waals surface area contributed by atoms with Crippen molar-refractivity contribution >= 4 is 11.9 Å². The van der Waals surface area contributed by atoms with E-state index >= 15 is 0 Å². The van der Waals surface area contributed by atoms with E-state index in [-0.39, 0.29) is 24.1 Å². The Morgan fingerprint density at radius 2 is 2.09 bits per heavy atom. The highest BCUT2D eigenvalue weighted by atomic mass is 16.5. The molecule has 1 amide bonds. The minimum atomic E-state index is -0.893. The van der Waals surface area contributed by atoms with Crippen molar-refractivity contribution in [3.05, 3.63) is 17.5 Å². The van der Waals surface area contributed by atoms with Crippen LogP contribution in [0.5, 0.6) is 0 Å². The molecule has 1 atom stereocenters. The van der Waals surface area contributed by atoms with Gasteiger partial charge in [0.1, 0.15) is 5.76 Å². The molecule has 2 N–H and O–H groups in total. The number of nitrogens with zero attached hydrogens (tertiary/aromatic N) is 1. The second-order valence-electron chi connectivity index (χ2n) is 5.87. The molecule has 1 aromatic rings. The number of carboxylic acid groups (broad SMARTS) is 1. The molecular formula is C15H22N2O5. The van der Waals surface area contributed by atoms with E-state index in [0.29, 0.717) is 31.8 Å². The van der Waals surface area contributed by atoms with Crippen molar-refractivity contribution in [1.29, 1.82) is 0 Å². The van der Waals surface area contributed by atoms with Gasteiger partial charge in [-0.05, 0) is 18.8 Å². The normalized spacial score (nSPS) is 17.4. The Morgan fingerprint density at radius 1 is 1.41 bits per heavy atom. The molecule has 7 heteroatoms. The average molecular weight is 310 g/mol. The van der Waals surface area contributed by atoms with E-state index in [0.717, 1.165) is 0 Å². The van der Waals surface area contributed by atoms with E-state index in [1.807, 2.05) is 13.8 Å². The van der Waals surface area contributed by atoms with Crippen LogP contribution in [0.3, 0.4) is 0 Å². The number of aliphatic carboxylic acids is 1. The van der Waals surface area contributed by atoms with Gasteiger partial charge in [0.05, 0.1) is 5.92 Å². The minimum Gasteiger partial charge on any atom is -0.481 e. The van der Waals surface area contributed by atoms with Gasteiger partial charge in [0.25, 0.3) is 5.91 Å². The molecule has 1 aromatic heterocycles. The molecule has 0 saturated carbocycles. The van der Waals surface area contributed by atoms with Crippen LogP contribution in [0.2, 0.25) is 0 Å². The predicted molar refractivity (Wildman–Crippen MR) is 77.6 cm³/mol. The number of rotatable bonds is 6. The second kappa shape index (κ2) is 7.40. The number of nitrogens with one attached hydrogen (secondary N) is 1. The summed E-state index contributed by atoms with van der Waals surface area (Å²) in [5, 5.41) is 15.7. The maximum absolute atomic E-state index is 12.0. The molecule has 1 aliphatic heterocycles. The Balaban J connectivity index is 1.93. The van der Waals surface area contributed by atoms with Gasteiger partial charge in [-0.2, -0.15) is 0 Å². The summed E-state index contributed by atoms with van der Waals surface area (Å²) in [4.78, 5) is 23.5. The lowest BCUT2D eigenvalue weighted by Gasteiger charge is -2.27. The summed E-state index contributed by atoms with van der Waals surface area (Å²) in [7, 11) is 0. The molecule has 2 heterocycles. The minimum absolute atomic E-state index is 0.0232. The van der Waals surface area contributed by atoms with Crippen LogP contribution in [0.4, 0.5) is 0 Å². The quantitative estimate of drug-likeness (QED) is 0.828. The fraction of sp³-hybridized carbons (Fsp3) is 0.667. The largest absolute Gasteiger partial charge is 0.481 e. The van der Waals surface area contributed by atoms with Gasteiger partial charge >= 0.3 is 5.97 Å². The van der Waals surface area contributed by atoms with E-state index in [1.165, 1.54) is 0 Å². The Labute approximate surface area is 129 Å². The highest BCUT2D eigenvalue weighted by Crippen LogP contribution is 2.24. The van der Waals surface area contributed by atoms with Crippen LogP contribution >= 0.6 is 0 Å². The maximum atomic E-state index is 12.0. The standard InChI is InChI=1S/C15H22N2O5/c1-9(2)13-7-12(17-22-13)14(18)16-8-11(15(19)20)10-3-5-21-6-4-10/h7,9-11H,3-6,8H2,1-2H3,(H,16,18)(H,19,20). The molecule has 1 fully saturated rings. The fourth-order valence-electron chi connectivity index (χ4n) is 2.54. The number of hydrogen-bond donors (Lipinski definition) is 2. The van der Waals surface area contributed by atoms with Gasteiger partial charge in [-0.15, -0.1) is 0 Å². The smallest absolute Gasteiger partial charge is 0.308 e. The Bertz CT molecular complexity index is 520. The van der Waals surface area contributed by atoms with Gasteiger partial charge in [0, 0.05) is 31.7 Å².